The average Bonchev–Trinajstić information content (AvgIpc) is 2.37. The zero-order valence-electron chi connectivity index (χ0n) is 10.6. The molecule has 1 rings (SSSR count). The summed E-state index contributed by atoms with van der Waals surface area (Å²) in [6, 6.07) is 0. The van der Waals surface area contributed by atoms with Crippen LogP contribution < -0.4 is 0 Å². The molecule has 0 aromatic rings. The second-order valence-corrected chi connectivity index (χ2v) is 7.14. The fourth-order valence-electron chi connectivity index (χ4n) is 2.26. The summed E-state index contributed by atoms with van der Waals surface area (Å²) in [6.45, 7) is 7.19. The largest absolute Gasteiger partial charge is 0.522 e. The Morgan fingerprint density at radius 3 is 2.05 bits per heavy atom. The lowest BCUT2D eigenvalue weighted by atomic mass is 9.89. The van der Waals surface area contributed by atoms with Crippen LogP contribution in [0.25, 0.3) is 0 Å². The van der Waals surface area contributed by atoms with Gasteiger partial charge in [-0.05, 0) is 50.0 Å². The van der Waals surface area contributed by atoms with Crippen LogP contribution in [0.15, 0.2) is 13.2 Å². The Hall–Kier alpha value is -1.04. The van der Waals surface area contributed by atoms with Crippen LogP contribution in [-0.2, 0) is 4.74 Å². The standard InChI is InChI=1S/C14H17F3OS/c1-4-19(5-2,6-3)11-12-7-9-13(10-8-12)18-14(15,16)17/h1,12-13H,2-3,7-11H2. The summed E-state index contributed by atoms with van der Waals surface area (Å²) < 4.78 is 40.3. The quantitative estimate of drug-likeness (QED) is 0.569. The Morgan fingerprint density at radius 2 is 1.68 bits per heavy atom. The Labute approximate surface area is 112 Å². The summed E-state index contributed by atoms with van der Waals surface area (Å²) in [7, 11) is -1.72. The minimum absolute atomic E-state index is 0.266. The van der Waals surface area contributed by atoms with Gasteiger partial charge in [-0.1, -0.05) is 19.3 Å². The normalized spacial score (nSPS) is 24.1. The summed E-state index contributed by atoms with van der Waals surface area (Å²) in [5.41, 5.74) is 0. The molecule has 106 valence electrons. The van der Waals surface area contributed by atoms with Crippen LogP contribution in [0.1, 0.15) is 25.7 Å². The maximum absolute atomic E-state index is 12.1. The highest BCUT2D eigenvalue weighted by Crippen LogP contribution is 2.35. The molecular formula is C14H17F3OS. The Kier molecular flexibility index (Phi) is 5.40. The highest BCUT2D eigenvalue weighted by atomic mass is 32.2. The zero-order chi connectivity index (χ0) is 14.5. The highest BCUT2D eigenvalue weighted by Gasteiger charge is 2.35. The van der Waals surface area contributed by atoms with E-state index in [9.17, 15) is 13.2 Å². The second kappa shape index (κ2) is 6.41. The minimum Gasteiger partial charge on any atom is -0.289 e. The van der Waals surface area contributed by atoms with Crippen molar-refractivity contribution in [2.45, 2.75) is 38.1 Å². The molecule has 0 unspecified atom stereocenters. The number of halogens is 3. The molecule has 0 aromatic heterocycles. The van der Waals surface area contributed by atoms with Gasteiger partial charge in [0, 0.05) is 5.75 Å². The van der Waals surface area contributed by atoms with Gasteiger partial charge in [-0.15, -0.1) is 19.6 Å². The van der Waals surface area contributed by atoms with E-state index in [0.717, 1.165) is 0 Å². The van der Waals surface area contributed by atoms with Gasteiger partial charge in [0.15, 0.2) is 0 Å². The summed E-state index contributed by atoms with van der Waals surface area (Å²) in [6.07, 6.45) is 2.33. The first-order valence-corrected chi connectivity index (χ1v) is 7.75. The van der Waals surface area contributed by atoms with E-state index in [1.54, 1.807) is 0 Å². The molecule has 0 spiro atoms. The molecule has 1 nitrogen and oxygen atoms in total. The molecule has 0 amide bonds. The molecule has 0 aromatic carbocycles. The first-order chi connectivity index (χ1) is 8.84. The summed E-state index contributed by atoms with van der Waals surface area (Å²) in [5, 5.41) is 8.28. The Morgan fingerprint density at radius 1 is 1.16 bits per heavy atom. The fourth-order valence-corrected chi connectivity index (χ4v) is 3.90. The monoisotopic (exact) mass is 290 g/mol. The Balaban J connectivity index is 2.60. The van der Waals surface area contributed by atoms with Gasteiger partial charge >= 0.3 is 6.36 Å². The van der Waals surface area contributed by atoms with Crippen LogP contribution in [0.3, 0.4) is 0 Å². The van der Waals surface area contributed by atoms with Gasteiger partial charge in [0.25, 0.3) is 0 Å². The first kappa shape index (κ1) is 16.0. The van der Waals surface area contributed by atoms with Crippen molar-refractivity contribution in [3.8, 4) is 11.7 Å². The van der Waals surface area contributed by atoms with E-state index in [2.05, 4.69) is 33.2 Å². The van der Waals surface area contributed by atoms with Crippen LogP contribution in [0.5, 0.6) is 0 Å². The zero-order valence-corrected chi connectivity index (χ0v) is 11.4. The third kappa shape index (κ3) is 4.86. The van der Waals surface area contributed by atoms with E-state index >= 15 is 0 Å². The molecule has 1 saturated carbocycles. The lowest BCUT2D eigenvalue weighted by molar-refractivity contribution is -0.345. The van der Waals surface area contributed by atoms with Gasteiger partial charge in [-0.25, -0.2) is 0 Å². The van der Waals surface area contributed by atoms with Crippen molar-refractivity contribution >= 4 is 19.3 Å². The highest BCUT2D eigenvalue weighted by molar-refractivity contribution is 8.32. The molecule has 0 aliphatic heterocycles. The molecule has 0 bridgehead atoms. The Bertz CT molecular complexity index is 494. The number of terminal acetylenes is 1. The molecule has 19 heavy (non-hydrogen) atoms. The van der Waals surface area contributed by atoms with Crippen molar-refractivity contribution in [3.63, 3.8) is 0 Å². The molecule has 1 aliphatic rings. The van der Waals surface area contributed by atoms with E-state index in [1.165, 1.54) is 0 Å². The van der Waals surface area contributed by atoms with Gasteiger partial charge in [0.05, 0.1) is 6.10 Å². The van der Waals surface area contributed by atoms with Crippen molar-refractivity contribution in [3.05, 3.63) is 13.2 Å². The summed E-state index contributed by atoms with van der Waals surface area (Å²) in [5.74, 6) is 0.928. The van der Waals surface area contributed by atoms with Crippen molar-refractivity contribution in [2.75, 3.05) is 5.75 Å². The fraction of sp³-hybridized carbons (Fsp3) is 0.571. The summed E-state index contributed by atoms with van der Waals surface area (Å²) in [4.78, 5) is 0. The van der Waals surface area contributed by atoms with E-state index < -0.39 is 21.7 Å². The first-order valence-electron chi connectivity index (χ1n) is 5.94. The number of rotatable bonds is 3. The van der Waals surface area contributed by atoms with Gasteiger partial charge < -0.3 is 0 Å². The maximum Gasteiger partial charge on any atom is 0.522 e. The van der Waals surface area contributed by atoms with Crippen molar-refractivity contribution in [1.82, 2.24) is 0 Å². The number of alkyl halides is 3. The molecule has 0 saturated heterocycles. The van der Waals surface area contributed by atoms with Crippen LogP contribution in [0.2, 0.25) is 0 Å². The number of ether oxygens (including phenoxy) is 1. The molecule has 0 atom stereocenters. The van der Waals surface area contributed by atoms with Crippen molar-refractivity contribution in [1.29, 1.82) is 0 Å². The molecule has 1 fully saturated rings. The number of hydrogen-bond donors (Lipinski definition) is 0. The topological polar surface area (TPSA) is 9.23 Å². The molecule has 0 N–H and O–H groups in total. The molecule has 0 radical (unpaired) electrons. The van der Waals surface area contributed by atoms with Gasteiger partial charge in [-0.3, -0.25) is 4.74 Å². The van der Waals surface area contributed by atoms with Crippen LogP contribution in [0.4, 0.5) is 13.2 Å². The minimum atomic E-state index is -4.55. The van der Waals surface area contributed by atoms with E-state index in [4.69, 9.17) is 6.42 Å². The molecule has 5 heteroatoms. The van der Waals surface area contributed by atoms with Crippen molar-refractivity contribution in [2.24, 2.45) is 5.92 Å². The third-order valence-electron chi connectivity index (χ3n) is 3.27. The smallest absolute Gasteiger partial charge is 0.289 e. The average molecular weight is 290 g/mol. The summed E-state index contributed by atoms with van der Waals surface area (Å²) >= 11 is 0. The lowest BCUT2D eigenvalue weighted by Gasteiger charge is -2.29. The van der Waals surface area contributed by atoms with Crippen LogP contribution >= 0.6 is 9.21 Å². The maximum atomic E-state index is 12.1. The lowest BCUT2D eigenvalue weighted by Crippen LogP contribution is -2.29. The van der Waals surface area contributed by atoms with Gasteiger partial charge in [-0.2, -0.15) is 0 Å². The predicted molar refractivity (Wildman–Crippen MR) is 75.4 cm³/mol. The molecular weight excluding hydrogens is 273 g/mol. The second-order valence-electron chi connectivity index (χ2n) is 4.52. The van der Waals surface area contributed by atoms with E-state index in [1.807, 2.05) is 0 Å². The van der Waals surface area contributed by atoms with Crippen molar-refractivity contribution < 1.29 is 17.9 Å². The predicted octanol–water partition coefficient (Wildman–Crippen LogP) is 3.65. The van der Waals surface area contributed by atoms with Gasteiger partial charge in [0.1, 0.15) is 0 Å². The van der Waals surface area contributed by atoms with Crippen LogP contribution in [-0.4, -0.2) is 28.3 Å². The third-order valence-corrected chi connectivity index (χ3v) is 5.63. The van der Waals surface area contributed by atoms with Crippen LogP contribution in [0, 0.1) is 17.6 Å². The molecule has 1 aliphatic carbocycles. The SMILES string of the molecule is C#CS(=C=C)(=C=C)CC1CCC(OC(F)(F)F)CC1. The number of hydrogen-bond acceptors (Lipinski definition) is 1. The van der Waals surface area contributed by atoms with E-state index in [0.29, 0.717) is 31.4 Å². The molecule has 0 heterocycles. The van der Waals surface area contributed by atoms with E-state index in [-0.39, 0.29) is 5.92 Å². The van der Waals surface area contributed by atoms with Gasteiger partial charge in [0.2, 0.25) is 0 Å².